The first-order valence-corrected chi connectivity index (χ1v) is 7.22. The van der Waals surface area contributed by atoms with Crippen molar-refractivity contribution in [3.8, 4) is 0 Å². The van der Waals surface area contributed by atoms with Gasteiger partial charge in [-0.15, -0.1) is 0 Å². The summed E-state index contributed by atoms with van der Waals surface area (Å²) < 4.78 is 2.11. The number of hydrogen-bond acceptors (Lipinski definition) is 3. The van der Waals surface area contributed by atoms with Crippen LogP contribution in [0.5, 0.6) is 0 Å². The van der Waals surface area contributed by atoms with Crippen LogP contribution in [0, 0.1) is 0 Å². The van der Waals surface area contributed by atoms with Crippen molar-refractivity contribution in [1.82, 2.24) is 0 Å². The van der Waals surface area contributed by atoms with Crippen molar-refractivity contribution in [3.05, 3.63) is 27.1 Å². The summed E-state index contributed by atoms with van der Waals surface area (Å²) >= 11 is 8.72. The maximum atomic E-state index is 4.42. The summed E-state index contributed by atoms with van der Waals surface area (Å²) in [5.74, 6) is 1.15. The van der Waals surface area contributed by atoms with Crippen LogP contribution in [0.2, 0.25) is 0 Å². The number of benzene rings is 1. The van der Waals surface area contributed by atoms with Gasteiger partial charge in [0.2, 0.25) is 0 Å². The molecule has 15 heavy (non-hydrogen) atoms. The van der Waals surface area contributed by atoms with Crippen LogP contribution in [0.1, 0.15) is 6.42 Å². The molecule has 80 valence electrons. The Balaban J connectivity index is 2.13. The molecule has 2 rings (SSSR count). The Hall–Kier alpha value is -0.000000000000000111. The van der Waals surface area contributed by atoms with E-state index in [2.05, 4.69) is 42.2 Å². The molecular weight excluding hydrogens is 340 g/mol. The molecule has 0 amide bonds. The van der Waals surface area contributed by atoms with Crippen molar-refractivity contribution in [2.45, 2.75) is 6.42 Å². The summed E-state index contributed by atoms with van der Waals surface area (Å²) in [7, 11) is 0. The van der Waals surface area contributed by atoms with Crippen molar-refractivity contribution >= 4 is 54.5 Å². The highest BCUT2D eigenvalue weighted by Crippen LogP contribution is 2.27. The van der Waals surface area contributed by atoms with E-state index in [9.17, 15) is 0 Å². The van der Waals surface area contributed by atoms with Crippen molar-refractivity contribution < 1.29 is 0 Å². The zero-order valence-corrected chi connectivity index (χ0v) is 12.0. The van der Waals surface area contributed by atoms with E-state index >= 15 is 0 Å². The van der Waals surface area contributed by atoms with E-state index < -0.39 is 0 Å². The van der Waals surface area contributed by atoms with Gasteiger partial charge in [-0.2, -0.15) is 0 Å². The van der Waals surface area contributed by atoms with Gasteiger partial charge in [0, 0.05) is 21.2 Å². The zero-order valence-electron chi connectivity index (χ0n) is 7.96. The second-order valence-corrected chi connectivity index (χ2v) is 5.99. The lowest BCUT2D eigenvalue weighted by atomic mass is 10.3. The number of anilines is 1. The largest absolute Gasteiger partial charge is 0.334 e. The Bertz CT molecular complexity index is 393. The first kappa shape index (κ1) is 11.5. The molecule has 0 unspecified atom stereocenters. The molecule has 5 heteroatoms. The lowest BCUT2D eigenvalue weighted by Gasteiger charge is -2.14. The van der Waals surface area contributed by atoms with Gasteiger partial charge in [0.25, 0.3) is 0 Å². The molecule has 0 aromatic heterocycles. The summed E-state index contributed by atoms with van der Waals surface area (Å²) in [6, 6.07) is 6.07. The highest BCUT2D eigenvalue weighted by atomic mass is 79.9. The van der Waals surface area contributed by atoms with Crippen LogP contribution >= 0.6 is 43.6 Å². The topological polar surface area (TPSA) is 24.4 Å². The van der Waals surface area contributed by atoms with E-state index in [0.29, 0.717) is 0 Å². The smallest absolute Gasteiger partial charge is 0.161 e. The van der Waals surface area contributed by atoms with Gasteiger partial charge in [-0.05, 0) is 40.5 Å². The Labute approximate surface area is 110 Å². The molecule has 1 aromatic rings. The monoisotopic (exact) mass is 348 g/mol. The third-order valence-electron chi connectivity index (χ3n) is 1.97. The third-order valence-corrected chi connectivity index (χ3v) is 4.12. The summed E-state index contributed by atoms with van der Waals surface area (Å²) in [6.07, 6.45) is 1.18. The standard InChI is InChI=1S/C10H10Br2N2S/c11-7-2-3-9(8(12)6-7)14-10-13-4-1-5-15-10/h2-3,6H,1,4-5H2,(H,13,14). The Morgan fingerprint density at radius 2 is 2.20 bits per heavy atom. The Kier molecular flexibility index (Phi) is 4.11. The maximum Gasteiger partial charge on any atom is 0.161 e. The van der Waals surface area contributed by atoms with Crippen LogP contribution in [0.4, 0.5) is 5.69 Å². The number of nitrogens with zero attached hydrogens (tertiary/aromatic N) is 1. The van der Waals surface area contributed by atoms with Crippen LogP contribution < -0.4 is 5.32 Å². The molecule has 0 fully saturated rings. The number of aliphatic imine (C=N–C) groups is 1. The van der Waals surface area contributed by atoms with Gasteiger partial charge in [-0.3, -0.25) is 4.99 Å². The van der Waals surface area contributed by atoms with E-state index in [1.807, 2.05) is 18.2 Å². The van der Waals surface area contributed by atoms with Crippen LogP contribution in [0.25, 0.3) is 0 Å². The molecule has 0 saturated heterocycles. The minimum atomic E-state index is 0.934. The molecule has 1 aliphatic rings. The minimum Gasteiger partial charge on any atom is -0.334 e. The van der Waals surface area contributed by atoms with Crippen LogP contribution in [0.3, 0.4) is 0 Å². The number of hydrogen-bond donors (Lipinski definition) is 1. The van der Waals surface area contributed by atoms with Crippen LogP contribution in [-0.2, 0) is 0 Å². The average molecular weight is 350 g/mol. The predicted octanol–water partition coefficient (Wildman–Crippen LogP) is 4.12. The summed E-state index contributed by atoms with van der Waals surface area (Å²) in [4.78, 5) is 4.42. The van der Waals surface area contributed by atoms with E-state index in [1.54, 1.807) is 11.8 Å². The van der Waals surface area contributed by atoms with Crippen molar-refractivity contribution in [1.29, 1.82) is 0 Å². The molecule has 2 nitrogen and oxygen atoms in total. The molecule has 0 bridgehead atoms. The van der Waals surface area contributed by atoms with E-state index in [4.69, 9.17) is 0 Å². The van der Waals surface area contributed by atoms with Crippen LogP contribution in [0.15, 0.2) is 32.1 Å². The van der Waals surface area contributed by atoms with Crippen molar-refractivity contribution in [2.75, 3.05) is 17.6 Å². The number of halogens is 2. The SMILES string of the molecule is Brc1ccc(NC2=NCCCS2)c(Br)c1. The minimum absolute atomic E-state index is 0.934. The lowest BCUT2D eigenvalue weighted by Crippen LogP contribution is -2.13. The molecule has 0 radical (unpaired) electrons. The predicted molar refractivity (Wildman–Crippen MR) is 74.8 cm³/mol. The quantitative estimate of drug-likeness (QED) is 0.824. The second kappa shape index (κ2) is 5.37. The first-order chi connectivity index (χ1) is 7.25. The Morgan fingerprint density at radius 3 is 2.87 bits per heavy atom. The fourth-order valence-corrected chi connectivity index (χ4v) is 3.22. The highest BCUT2D eigenvalue weighted by molar-refractivity contribution is 9.11. The van der Waals surface area contributed by atoms with Crippen molar-refractivity contribution in [2.24, 2.45) is 4.99 Å². The molecule has 1 aliphatic heterocycles. The molecule has 0 atom stereocenters. The molecule has 0 saturated carbocycles. The lowest BCUT2D eigenvalue weighted by molar-refractivity contribution is 0.938. The van der Waals surface area contributed by atoms with Gasteiger partial charge >= 0.3 is 0 Å². The van der Waals surface area contributed by atoms with Gasteiger partial charge < -0.3 is 5.32 Å². The molecule has 1 heterocycles. The fourth-order valence-electron chi connectivity index (χ4n) is 1.24. The fraction of sp³-hybridized carbons (Fsp3) is 0.300. The number of thioether (sulfide) groups is 1. The van der Waals surface area contributed by atoms with Crippen molar-refractivity contribution in [3.63, 3.8) is 0 Å². The third kappa shape index (κ3) is 3.23. The van der Waals surface area contributed by atoms with Gasteiger partial charge in [0.15, 0.2) is 5.17 Å². The first-order valence-electron chi connectivity index (χ1n) is 4.65. The molecule has 1 aromatic carbocycles. The Morgan fingerprint density at radius 1 is 1.33 bits per heavy atom. The highest BCUT2D eigenvalue weighted by Gasteiger charge is 2.07. The van der Waals surface area contributed by atoms with E-state index in [-0.39, 0.29) is 0 Å². The molecule has 1 N–H and O–H groups in total. The average Bonchev–Trinajstić information content (AvgIpc) is 2.24. The normalized spacial score (nSPS) is 16.0. The zero-order chi connectivity index (χ0) is 10.7. The van der Waals surface area contributed by atoms with Gasteiger partial charge in [0.05, 0.1) is 5.69 Å². The van der Waals surface area contributed by atoms with E-state index in [0.717, 1.165) is 32.1 Å². The molecular formula is C10H10Br2N2S. The van der Waals surface area contributed by atoms with Crippen LogP contribution in [-0.4, -0.2) is 17.5 Å². The molecule has 0 spiro atoms. The number of nitrogens with one attached hydrogen (secondary N) is 1. The van der Waals surface area contributed by atoms with Gasteiger partial charge in [0.1, 0.15) is 0 Å². The number of amidine groups is 1. The van der Waals surface area contributed by atoms with Gasteiger partial charge in [-0.25, -0.2) is 0 Å². The van der Waals surface area contributed by atoms with E-state index in [1.165, 1.54) is 6.42 Å². The number of rotatable bonds is 1. The summed E-state index contributed by atoms with van der Waals surface area (Å²) in [5.41, 5.74) is 1.06. The van der Waals surface area contributed by atoms with Gasteiger partial charge in [-0.1, -0.05) is 27.7 Å². The maximum absolute atomic E-state index is 4.42. The second-order valence-electron chi connectivity index (χ2n) is 3.14. The molecule has 0 aliphatic carbocycles. The summed E-state index contributed by atoms with van der Waals surface area (Å²) in [6.45, 7) is 0.934. The summed E-state index contributed by atoms with van der Waals surface area (Å²) in [5, 5.41) is 4.34.